The van der Waals surface area contributed by atoms with Gasteiger partial charge >= 0.3 is 0 Å². The van der Waals surface area contributed by atoms with Gasteiger partial charge in [0.2, 0.25) is 0 Å². The third-order valence-electron chi connectivity index (χ3n) is 2.90. The number of piperidine rings is 1. The summed E-state index contributed by atoms with van der Waals surface area (Å²) in [5, 5.41) is 0. The summed E-state index contributed by atoms with van der Waals surface area (Å²) in [6.07, 6.45) is 6.47. The van der Waals surface area contributed by atoms with E-state index in [0.29, 0.717) is 12.3 Å². The summed E-state index contributed by atoms with van der Waals surface area (Å²) in [6, 6.07) is 0. The van der Waals surface area contributed by atoms with Crippen molar-refractivity contribution in [3.63, 3.8) is 0 Å². The molecule has 0 aliphatic carbocycles. The van der Waals surface area contributed by atoms with Crippen LogP contribution in [0.25, 0.3) is 0 Å². The minimum absolute atomic E-state index is 0.376. The van der Waals surface area contributed by atoms with Gasteiger partial charge in [-0.15, -0.1) is 0 Å². The summed E-state index contributed by atoms with van der Waals surface area (Å²) in [7, 11) is 2.00. The second-order valence-corrected chi connectivity index (χ2v) is 4.12. The molecule has 0 spiro atoms. The quantitative estimate of drug-likeness (QED) is 0.729. The number of nitrogens with zero attached hydrogens (tertiary/aromatic N) is 3. The molecule has 1 aliphatic rings. The third-order valence-corrected chi connectivity index (χ3v) is 2.90. The van der Waals surface area contributed by atoms with Gasteiger partial charge < -0.3 is 4.57 Å². The van der Waals surface area contributed by atoms with Gasteiger partial charge in [0.15, 0.2) is 0 Å². The lowest BCUT2D eigenvalue weighted by molar-refractivity contribution is -0.122. The Morgan fingerprint density at radius 3 is 3.07 bits per heavy atom. The van der Waals surface area contributed by atoms with Crippen LogP contribution in [-0.2, 0) is 18.3 Å². The fraction of sp³-hybridized carbons (Fsp3) is 0.636. The zero-order chi connectivity index (χ0) is 10.7. The highest BCUT2D eigenvalue weighted by Gasteiger charge is 2.16. The topological polar surface area (TPSA) is 38.1 Å². The van der Waals surface area contributed by atoms with Crippen LogP contribution in [0.2, 0.25) is 0 Å². The number of rotatable bonds is 3. The van der Waals surface area contributed by atoms with Crippen molar-refractivity contribution >= 4 is 5.78 Å². The van der Waals surface area contributed by atoms with Crippen LogP contribution >= 0.6 is 0 Å². The Hall–Kier alpha value is -1.16. The summed E-state index contributed by atoms with van der Waals surface area (Å²) in [5.74, 6) is 1.47. The molecule has 2 heterocycles. The Balaban J connectivity index is 1.83. The maximum Gasteiger partial charge on any atom is 0.146 e. The molecule has 0 radical (unpaired) electrons. The molecule has 0 N–H and O–H groups in total. The Bertz CT molecular complexity index is 345. The number of aromatic nitrogens is 2. The van der Waals surface area contributed by atoms with Crippen LogP contribution in [0.3, 0.4) is 0 Å². The average Bonchev–Trinajstić information content (AvgIpc) is 2.61. The molecule has 1 aliphatic heterocycles. The molecule has 2 rings (SSSR count). The summed E-state index contributed by atoms with van der Waals surface area (Å²) in [4.78, 5) is 17.7. The molecule has 0 aromatic carbocycles. The van der Waals surface area contributed by atoms with Crippen LogP contribution in [0.1, 0.15) is 18.7 Å². The van der Waals surface area contributed by atoms with E-state index < -0.39 is 0 Å². The minimum Gasteiger partial charge on any atom is -0.338 e. The van der Waals surface area contributed by atoms with Crippen LogP contribution < -0.4 is 0 Å². The van der Waals surface area contributed by atoms with Crippen molar-refractivity contribution in [2.75, 3.05) is 19.6 Å². The van der Waals surface area contributed by atoms with E-state index in [1.807, 2.05) is 24.0 Å². The first-order valence-electron chi connectivity index (χ1n) is 5.46. The zero-order valence-corrected chi connectivity index (χ0v) is 9.15. The van der Waals surface area contributed by atoms with Gasteiger partial charge in [0.05, 0.1) is 6.54 Å². The lowest BCUT2D eigenvalue weighted by Crippen LogP contribution is -2.37. The fourth-order valence-corrected chi connectivity index (χ4v) is 1.99. The van der Waals surface area contributed by atoms with Crippen LogP contribution in [-0.4, -0.2) is 39.9 Å². The van der Waals surface area contributed by atoms with Crippen molar-refractivity contribution in [2.24, 2.45) is 7.05 Å². The maximum atomic E-state index is 11.2. The molecule has 0 unspecified atom stereocenters. The predicted octanol–water partition coefficient (Wildman–Crippen LogP) is 0.627. The van der Waals surface area contributed by atoms with Crippen molar-refractivity contribution in [1.82, 2.24) is 14.5 Å². The van der Waals surface area contributed by atoms with Crippen molar-refractivity contribution in [1.29, 1.82) is 0 Å². The molecule has 1 aromatic rings. The zero-order valence-electron chi connectivity index (χ0n) is 9.15. The Kier molecular flexibility index (Phi) is 3.16. The highest BCUT2D eigenvalue weighted by molar-refractivity contribution is 5.81. The maximum absolute atomic E-state index is 11.2. The Labute approximate surface area is 89.9 Å². The van der Waals surface area contributed by atoms with Crippen molar-refractivity contribution in [3.8, 4) is 0 Å². The van der Waals surface area contributed by atoms with Crippen LogP contribution in [0.4, 0.5) is 0 Å². The molecular formula is C11H17N3O. The van der Waals surface area contributed by atoms with Gasteiger partial charge in [0, 0.05) is 38.8 Å². The van der Waals surface area contributed by atoms with E-state index >= 15 is 0 Å². The third kappa shape index (κ3) is 2.65. The van der Waals surface area contributed by atoms with Crippen molar-refractivity contribution in [2.45, 2.75) is 19.3 Å². The second kappa shape index (κ2) is 4.57. The molecular weight excluding hydrogens is 190 g/mol. The molecule has 4 nitrogen and oxygen atoms in total. The van der Waals surface area contributed by atoms with Crippen molar-refractivity contribution < 1.29 is 4.79 Å². The first kappa shape index (κ1) is 10.4. The molecule has 1 saturated heterocycles. The van der Waals surface area contributed by atoms with E-state index in [1.54, 1.807) is 0 Å². The van der Waals surface area contributed by atoms with E-state index in [1.165, 1.54) is 0 Å². The molecule has 0 amide bonds. The first-order valence-corrected chi connectivity index (χ1v) is 5.46. The molecule has 1 aromatic heterocycles. The van der Waals surface area contributed by atoms with Gasteiger partial charge in [-0.05, 0) is 13.0 Å². The number of carbonyl (C=O) groups excluding carboxylic acids is 1. The average molecular weight is 207 g/mol. The number of ketones is 1. The van der Waals surface area contributed by atoms with E-state index in [9.17, 15) is 4.79 Å². The SMILES string of the molecule is Cn1ccnc1CCN1CCCC(=O)C1. The molecule has 0 atom stereocenters. The standard InChI is InChI=1S/C11H17N3O/c1-13-8-5-12-11(13)4-7-14-6-2-3-10(15)9-14/h5,8H,2-4,6-7,9H2,1H3. The van der Waals surface area contributed by atoms with E-state index in [2.05, 4.69) is 9.88 Å². The molecule has 0 saturated carbocycles. The number of carbonyl (C=O) groups is 1. The Morgan fingerprint density at radius 1 is 1.53 bits per heavy atom. The molecule has 0 bridgehead atoms. The monoisotopic (exact) mass is 207 g/mol. The van der Waals surface area contributed by atoms with Crippen molar-refractivity contribution in [3.05, 3.63) is 18.2 Å². The van der Waals surface area contributed by atoms with Gasteiger partial charge in [-0.3, -0.25) is 9.69 Å². The number of Topliss-reactive ketones (excluding diaryl/α,β-unsaturated/α-hetero) is 1. The molecule has 4 heteroatoms. The first-order chi connectivity index (χ1) is 7.25. The van der Waals surface area contributed by atoms with Crippen LogP contribution in [0, 0.1) is 0 Å². The van der Waals surface area contributed by atoms with Gasteiger partial charge in [-0.2, -0.15) is 0 Å². The number of hydrogen-bond acceptors (Lipinski definition) is 3. The van der Waals surface area contributed by atoms with E-state index in [4.69, 9.17) is 0 Å². The highest BCUT2D eigenvalue weighted by atomic mass is 16.1. The predicted molar refractivity (Wildman–Crippen MR) is 57.6 cm³/mol. The largest absolute Gasteiger partial charge is 0.338 e. The fourth-order valence-electron chi connectivity index (χ4n) is 1.99. The molecule has 15 heavy (non-hydrogen) atoms. The summed E-state index contributed by atoms with van der Waals surface area (Å²) in [6.45, 7) is 2.62. The highest BCUT2D eigenvalue weighted by Crippen LogP contribution is 2.06. The van der Waals surface area contributed by atoms with Gasteiger partial charge in [0.1, 0.15) is 11.6 Å². The van der Waals surface area contributed by atoms with Gasteiger partial charge in [-0.1, -0.05) is 0 Å². The Morgan fingerprint density at radius 2 is 2.40 bits per heavy atom. The smallest absolute Gasteiger partial charge is 0.146 e. The van der Waals surface area contributed by atoms with Gasteiger partial charge in [0.25, 0.3) is 0 Å². The van der Waals surface area contributed by atoms with E-state index in [0.717, 1.165) is 38.2 Å². The summed E-state index contributed by atoms with van der Waals surface area (Å²) < 4.78 is 2.03. The lowest BCUT2D eigenvalue weighted by Gasteiger charge is -2.25. The lowest BCUT2D eigenvalue weighted by atomic mass is 10.1. The summed E-state index contributed by atoms with van der Waals surface area (Å²) >= 11 is 0. The molecule has 1 fully saturated rings. The number of likely N-dealkylation sites (tertiary alicyclic amines) is 1. The van der Waals surface area contributed by atoms with Gasteiger partial charge in [-0.25, -0.2) is 4.98 Å². The van der Waals surface area contributed by atoms with Crippen LogP contribution in [0.15, 0.2) is 12.4 Å². The summed E-state index contributed by atoms with van der Waals surface area (Å²) in [5.41, 5.74) is 0. The molecule has 82 valence electrons. The number of aryl methyl sites for hydroxylation is 1. The number of imidazole rings is 1. The normalized spacial score (nSPS) is 18.3. The number of hydrogen-bond donors (Lipinski definition) is 0. The second-order valence-electron chi connectivity index (χ2n) is 4.12. The van der Waals surface area contributed by atoms with Crippen LogP contribution in [0.5, 0.6) is 0 Å². The minimum atomic E-state index is 0.376. The van der Waals surface area contributed by atoms with E-state index in [-0.39, 0.29) is 0 Å².